The van der Waals surface area contributed by atoms with Gasteiger partial charge < -0.3 is 18.9 Å². The van der Waals surface area contributed by atoms with Crippen molar-refractivity contribution in [2.45, 2.75) is 99.5 Å². The zero-order chi connectivity index (χ0) is 36.5. The van der Waals surface area contributed by atoms with Gasteiger partial charge in [-0.1, -0.05) is 29.5 Å². The van der Waals surface area contributed by atoms with Crippen LogP contribution in [0.25, 0.3) is 0 Å². The third kappa shape index (κ3) is 10.4. The van der Waals surface area contributed by atoms with Crippen LogP contribution in [0, 0.1) is 46.9 Å². The molecule has 282 valence electrons. The zero-order valence-corrected chi connectivity index (χ0v) is 30.1. The van der Waals surface area contributed by atoms with Crippen LogP contribution in [-0.2, 0) is 0 Å². The Kier molecular flexibility index (Phi) is 15.4. The number of rotatable bonds is 17. The maximum Gasteiger partial charge on any atom is 0.204 e. The highest BCUT2D eigenvalue weighted by Crippen LogP contribution is 2.39. The number of alkyl halides is 6. The van der Waals surface area contributed by atoms with E-state index in [2.05, 4.69) is 34.3 Å². The Bertz CT molecular complexity index is 1360. The molecule has 0 heterocycles. The van der Waals surface area contributed by atoms with E-state index in [9.17, 15) is 39.5 Å². The van der Waals surface area contributed by atoms with Gasteiger partial charge >= 0.3 is 0 Å². The summed E-state index contributed by atoms with van der Waals surface area (Å²) in [7, 11) is 1.15. The summed E-state index contributed by atoms with van der Waals surface area (Å²) >= 11 is 2.34. The van der Waals surface area contributed by atoms with Crippen molar-refractivity contribution in [3.8, 4) is 23.0 Å². The highest BCUT2D eigenvalue weighted by molar-refractivity contribution is 14.1. The molecule has 2 aliphatic carbocycles. The minimum absolute atomic E-state index is 0.169. The van der Waals surface area contributed by atoms with Crippen LogP contribution in [0.1, 0.15) is 64.7 Å². The van der Waals surface area contributed by atoms with Gasteiger partial charge in [-0.2, -0.15) is 17.6 Å². The smallest absolute Gasteiger partial charge is 0.204 e. The van der Waals surface area contributed by atoms with Crippen LogP contribution in [0.2, 0.25) is 0 Å². The lowest BCUT2D eigenvalue weighted by molar-refractivity contribution is 0.0375. The number of benzene rings is 2. The maximum atomic E-state index is 15.0. The predicted molar refractivity (Wildman–Crippen MR) is 179 cm³/mol. The zero-order valence-electron chi connectivity index (χ0n) is 28.0. The van der Waals surface area contributed by atoms with Crippen molar-refractivity contribution in [1.29, 1.82) is 0 Å². The lowest BCUT2D eigenvalue weighted by Gasteiger charge is -2.33. The van der Waals surface area contributed by atoms with E-state index in [1.54, 1.807) is 0 Å². The van der Waals surface area contributed by atoms with Crippen molar-refractivity contribution in [2.75, 3.05) is 26.9 Å². The summed E-state index contributed by atoms with van der Waals surface area (Å²) in [5.74, 6) is -8.76. The van der Waals surface area contributed by atoms with E-state index in [0.717, 1.165) is 44.2 Å². The second-order valence-corrected chi connectivity index (χ2v) is 15.3. The van der Waals surface area contributed by atoms with E-state index in [1.807, 2.05) is 0 Å². The predicted octanol–water partition coefficient (Wildman–Crippen LogP) is 10.6. The van der Waals surface area contributed by atoms with E-state index in [0.29, 0.717) is 22.7 Å². The fourth-order valence-corrected chi connectivity index (χ4v) is 7.62. The SMILES string of the molecule is COc1ccc(OCC(F)C(F)C2CCC(C(F)CCOc3ccc(OCC(F)C(F)C4CCC(C(C)I)CC4)c(F)c3F)CC2)c(F)c1F. The topological polar surface area (TPSA) is 36.9 Å². The first-order valence-electron chi connectivity index (χ1n) is 17.0. The van der Waals surface area contributed by atoms with Crippen molar-refractivity contribution in [2.24, 2.45) is 23.7 Å². The van der Waals surface area contributed by atoms with Gasteiger partial charge in [0.05, 0.1) is 13.7 Å². The lowest BCUT2D eigenvalue weighted by atomic mass is 9.76. The van der Waals surface area contributed by atoms with Gasteiger partial charge in [0.25, 0.3) is 0 Å². The van der Waals surface area contributed by atoms with Gasteiger partial charge in [0.2, 0.25) is 23.3 Å². The summed E-state index contributed by atoms with van der Waals surface area (Å²) in [5.41, 5.74) is 0. The largest absolute Gasteiger partial charge is 0.494 e. The third-order valence-corrected chi connectivity index (χ3v) is 11.1. The van der Waals surface area contributed by atoms with Crippen molar-refractivity contribution in [3.05, 3.63) is 47.5 Å². The highest BCUT2D eigenvalue weighted by atomic mass is 127. The minimum atomic E-state index is -2.12. The van der Waals surface area contributed by atoms with Gasteiger partial charge in [-0.3, -0.25) is 0 Å². The molecule has 6 atom stereocenters. The second kappa shape index (κ2) is 19.0. The molecular formula is C36H44F9IO4. The number of ether oxygens (including phenoxy) is 4. The van der Waals surface area contributed by atoms with E-state index >= 15 is 0 Å². The molecule has 4 rings (SSSR count). The summed E-state index contributed by atoms with van der Waals surface area (Å²) in [4.78, 5) is 0. The van der Waals surface area contributed by atoms with E-state index in [1.165, 1.54) is 0 Å². The molecule has 2 fully saturated rings. The van der Waals surface area contributed by atoms with Crippen molar-refractivity contribution in [3.63, 3.8) is 0 Å². The molecule has 50 heavy (non-hydrogen) atoms. The maximum absolute atomic E-state index is 15.0. The molecule has 2 aromatic rings. The Morgan fingerprint density at radius 3 is 1.36 bits per heavy atom. The van der Waals surface area contributed by atoms with Crippen LogP contribution in [0.3, 0.4) is 0 Å². The van der Waals surface area contributed by atoms with E-state index in [4.69, 9.17) is 14.2 Å². The molecule has 0 aromatic heterocycles. The molecule has 14 heteroatoms. The quantitative estimate of drug-likeness (QED) is 0.0904. The van der Waals surface area contributed by atoms with Crippen molar-refractivity contribution in [1.82, 2.24) is 0 Å². The molecule has 0 radical (unpaired) electrons. The van der Waals surface area contributed by atoms with E-state index in [-0.39, 0.29) is 44.5 Å². The molecule has 0 N–H and O–H groups in total. The van der Waals surface area contributed by atoms with Gasteiger partial charge in [0, 0.05) is 10.3 Å². The summed E-state index contributed by atoms with van der Waals surface area (Å²) in [5, 5.41) is 0. The van der Waals surface area contributed by atoms with E-state index < -0.39 is 102 Å². The van der Waals surface area contributed by atoms with Crippen LogP contribution in [0.15, 0.2) is 24.3 Å². The lowest BCUT2D eigenvalue weighted by Crippen LogP contribution is -2.35. The molecule has 0 aliphatic heterocycles. The molecular weight excluding hydrogens is 794 g/mol. The highest BCUT2D eigenvalue weighted by Gasteiger charge is 2.37. The first kappa shape index (κ1) is 40.5. The fraction of sp³-hybridized carbons (Fsp3) is 0.667. The van der Waals surface area contributed by atoms with Gasteiger partial charge in [-0.15, -0.1) is 0 Å². The molecule has 2 saturated carbocycles. The minimum Gasteiger partial charge on any atom is -0.494 e. The van der Waals surface area contributed by atoms with Crippen LogP contribution < -0.4 is 18.9 Å². The fourth-order valence-electron chi connectivity index (χ4n) is 6.90. The van der Waals surface area contributed by atoms with Gasteiger partial charge in [-0.25, -0.2) is 22.0 Å². The first-order chi connectivity index (χ1) is 23.8. The normalized spacial score (nSPS) is 24.8. The van der Waals surface area contributed by atoms with Crippen LogP contribution >= 0.6 is 22.6 Å². The van der Waals surface area contributed by atoms with Crippen molar-refractivity contribution < 1.29 is 58.5 Å². The van der Waals surface area contributed by atoms with Gasteiger partial charge in [0.1, 0.15) is 31.7 Å². The average Bonchev–Trinajstić information content (AvgIpc) is 3.12. The van der Waals surface area contributed by atoms with Crippen LogP contribution in [0.5, 0.6) is 23.0 Å². The summed E-state index contributed by atoms with van der Waals surface area (Å²) in [6, 6.07) is 4.25. The standard InChI is InChI=1S/C36H44F9IO4/c1-19(46)20-3-7-22(8-4-20)31(40)25(38)18-50-30-14-13-28(34(43)36(30)45)48-16-15-24(37)21-5-9-23(10-6-21)32(41)26(39)17-49-29-12-11-27(47-2)33(42)35(29)44/h11-14,19-26,31-32H,3-10,15-18H2,1-2H3. The average molecular weight is 839 g/mol. The second-order valence-electron chi connectivity index (χ2n) is 13.3. The monoisotopic (exact) mass is 838 g/mol. The van der Waals surface area contributed by atoms with Gasteiger partial charge in [0.15, 0.2) is 35.3 Å². The molecule has 0 saturated heterocycles. The molecule has 0 amide bonds. The Labute approximate surface area is 300 Å². The number of methoxy groups -OCH3 is 1. The molecule has 6 unspecified atom stereocenters. The number of halogens is 10. The summed E-state index contributed by atoms with van der Waals surface area (Å²) in [6.45, 7) is 0.175. The number of hydrogen-bond donors (Lipinski definition) is 0. The van der Waals surface area contributed by atoms with Gasteiger partial charge in [-0.05, 0) is 99.3 Å². The Morgan fingerprint density at radius 2 is 0.940 bits per heavy atom. The Morgan fingerprint density at radius 1 is 0.580 bits per heavy atom. The molecule has 0 spiro atoms. The first-order valence-corrected chi connectivity index (χ1v) is 18.3. The Balaban J connectivity index is 1.16. The number of hydrogen-bond acceptors (Lipinski definition) is 4. The molecule has 0 bridgehead atoms. The van der Waals surface area contributed by atoms with Crippen molar-refractivity contribution >= 4 is 22.6 Å². The third-order valence-electron chi connectivity index (χ3n) is 10.1. The summed E-state index contributed by atoms with van der Waals surface area (Å²) < 4.78 is 151. The Hall–Kier alpha value is -2.26. The van der Waals surface area contributed by atoms with Crippen LogP contribution in [-0.4, -0.2) is 61.7 Å². The molecule has 4 nitrogen and oxygen atoms in total. The summed E-state index contributed by atoms with van der Waals surface area (Å²) in [6.07, 6.45) is -5.82. The molecule has 2 aliphatic rings. The molecule has 2 aromatic carbocycles. The van der Waals surface area contributed by atoms with Crippen LogP contribution in [0.4, 0.5) is 39.5 Å².